The molecular formula is C16H16FN3O. The molecule has 3 rings (SSSR count). The van der Waals surface area contributed by atoms with Gasteiger partial charge in [0.15, 0.2) is 0 Å². The van der Waals surface area contributed by atoms with E-state index in [2.05, 4.69) is 16.0 Å². The van der Waals surface area contributed by atoms with Crippen LogP contribution in [0.2, 0.25) is 0 Å². The SMILES string of the molecule is O=C(NCc1ccccc1F)C1CNc2ccccc2N1. The molecule has 21 heavy (non-hydrogen) atoms. The van der Waals surface area contributed by atoms with E-state index in [1.165, 1.54) is 6.07 Å². The number of hydrogen-bond acceptors (Lipinski definition) is 3. The summed E-state index contributed by atoms with van der Waals surface area (Å²) in [5.74, 6) is -0.460. The van der Waals surface area contributed by atoms with Crippen molar-refractivity contribution in [1.29, 1.82) is 0 Å². The maximum absolute atomic E-state index is 13.5. The molecule has 0 spiro atoms. The molecule has 0 saturated carbocycles. The van der Waals surface area contributed by atoms with Gasteiger partial charge in [0.25, 0.3) is 0 Å². The summed E-state index contributed by atoms with van der Waals surface area (Å²) in [7, 11) is 0. The van der Waals surface area contributed by atoms with E-state index >= 15 is 0 Å². The average molecular weight is 285 g/mol. The fraction of sp³-hybridized carbons (Fsp3) is 0.188. The molecule has 0 bridgehead atoms. The second kappa shape index (κ2) is 5.83. The highest BCUT2D eigenvalue weighted by Gasteiger charge is 2.23. The van der Waals surface area contributed by atoms with Crippen LogP contribution >= 0.6 is 0 Å². The fourth-order valence-corrected chi connectivity index (χ4v) is 2.32. The first-order valence-electron chi connectivity index (χ1n) is 6.84. The third-order valence-corrected chi connectivity index (χ3v) is 3.48. The number of carbonyl (C=O) groups is 1. The maximum atomic E-state index is 13.5. The Kier molecular flexibility index (Phi) is 3.73. The first kappa shape index (κ1) is 13.4. The summed E-state index contributed by atoms with van der Waals surface area (Å²) in [6.45, 7) is 0.686. The van der Waals surface area contributed by atoms with Crippen LogP contribution in [0.4, 0.5) is 15.8 Å². The largest absolute Gasteiger partial charge is 0.381 e. The maximum Gasteiger partial charge on any atom is 0.244 e. The minimum atomic E-state index is -0.369. The molecule has 1 aliphatic rings. The van der Waals surface area contributed by atoms with Crippen LogP contribution in [0.1, 0.15) is 5.56 Å². The van der Waals surface area contributed by atoms with Crippen molar-refractivity contribution in [3.05, 3.63) is 59.9 Å². The molecule has 1 heterocycles. The van der Waals surface area contributed by atoms with Gasteiger partial charge >= 0.3 is 0 Å². The lowest BCUT2D eigenvalue weighted by Gasteiger charge is -2.27. The van der Waals surface area contributed by atoms with Gasteiger partial charge in [0.1, 0.15) is 11.9 Å². The third-order valence-electron chi connectivity index (χ3n) is 3.48. The van der Waals surface area contributed by atoms with Crippen LogP contribution in [-0.4, -0.2) is 18.5 Å². The number of fused-ring (bicyclic) bond motifs is 1. The minimum Gasteiger partial charge on any atom is -0.381 e. The van der Waals surface area contributed by atoms with Gasteiger partial charge in [0.2, 0.25) is 5.91 Å². The predicted octanol–water partition coefficient (Wildman–Crippen LogP) is 2.35. The lowest BCUT2D eigenvalue weighted by molar-refractivity contribution is -0.121. The van der Waals surface area contributed by atoms with Crippen molar-refractivity contribution in [2.24, 2.45) is 0 Å². The van der Waals surface area contributed by atoms with Crippen molar-refractivity contribution in [2.75, 3.05) is 17.2 Å². The molecule has 4 nitrogen and oxygen atoms in total. The highest BCUT2D eigenvalue weighted by Crippen LogP contribution is 2.25. The van der Waals surface area contributed by atoms with Gasteiger partial charge in [-0.05, 0) is 18.2 Å². The van der Waals surface area contributed by atoms with Crippen molar-refractivity contribution in [1.82, 2.24) is 5.32 Å². The monoisotopic (exact) mass is 285 g/mol. The Bertz CT molecular complexity index is 659. The van der Waals surface area contributed by atoms with Crippen molar-refractivity contribution >= 4 is 17.3 Å². The second-order valence-corrected chi connectivity index (χ2v) is 4.93. The van der Waals surface area contributed by atoms with E-state index in [1.54, 1.807) is 18.2 Å². The van der Waals surface area contributed by atoms with Gasteiger partial charge in [-0.15, -0.1) is 0 Å². The van der Waals surface area contributed by atoms with E-state index in [0.717, 1.165) is 11.4 Å². The molecule has 1 aliphatic heterocycles. The summed E-state index contributed by atoms with van der Waals surface area (Å²) in [5, 5.41) is 9.14. The quantitative estimate of drug-likeness (QED) is 0.811. The summed E-state index contributed by atoms with van der Waals surface area (Å²) in [4.78, 5) is 12.2. The Morgan fingerprint density at radius 1 is 1.14 bits per heavy atom. The first-order chi connectivity index (χ1) is 10.2. The standard InChI is InChI=1S/C16H16FN3O/c17-12-6-2-1-5-11(12)9-19-16(21)15-10-18-13-7-3-4-8-14(13)20-15/h1-8,15,18,20H,9-10H2,(H,19,21). The van der Waals surface area contributed by atoms with Crippen LogP contribution in [0.3, 0.4) is 0 Å². The topological polar surface area (TPSA) is 53.2 Å². The van der Waals surface area contributed by atoms with E-state index in [1.807, 2.05) is 24.3 Å². The van der Waals surface area contributed by atoms with Crippen LogP contribution < -0.4 is 16.0 Å². The lowest BCUT2D eigenvalue weighted by atomic mass is 10.1. The predicted molar refractivity (Wildman–Crippen MR) is 80.6 cm³/mol. The van der Waals surface area contributed by atoms with E-state index in [0.29, 0.717) is 12.1 Å². The number of para-hydroxylation sites is 2. The van der Waals surface area contributed by atoms with E-state index in [9.17, 15) is 9.18 Å². The summed E-state index contributed by atoms with van der Waals surface area (Å²) in [6, 6.07) is 13.8. The smallest absolute Gasteiger partial charge is 0.244 e. The lowest BCUT2D eigenvalue weighted by Crippen LogP contribution is -2.45. The van der Waals surface area contributed by atoms with Gasteiger partial charge in [0, 0.05) is 18.7 Å². The number of anilines is 2. The highest BCUT2D eigenvalue weighted by atomic mass is 19.1. The molecule has 0 aliphatic carbocycles. The number of hydrogen-bond donors (Lipinski definition) is 3. The molecule has 2 aromatic rings. The fourth-order valence-electron chi connectivity index (χ4n) is 2.32. The Hall–Kier alpha value is -2.56. The summed E-state index contributed by atoms with van der Waals surface area (Å²) in [5.41, 5.74) is 2.36. The summed E-state index contributed by atoms with van der Waals surface area (Å²) < 4.78 is 13.5. The second-order valence-electron chi connectivity index (χ2n) is 4.93. The molecule has 2 aromatic carbocycles. The van der Waals surface area contributed by atoms with Crippen molar-refractivity contribution < 1.29 is 9.18 Å². The number of nitrogens with one attached hydrogen (secondary N) is 3. The van der Waals surface area contributed by atoms with Crippen molar-refractivity contribution in [3.63, 3.8) is 0 Å². The molecule has 0 radical (unpaired) electrons. The number of halogens is 1. The first-order valence-corrected chi connectivity index (χ1v) is 6.84. The number of rotatable bonds is 3. The van der Waals surface area contributed by atoms with Crippen molar-refractivity contribution in [2.45, 2.75) is 12.6 Å². The third kappa shape index (κ3) is 2.97. The van der Waals surface area contributed by atoms with Crippen LogP contribution in [-0.2, 0) is 11.3 Å². The molecule has 5 heteroatoms. The zero-order chi connectivity index (χ0) is 14.7. The molecule has 108 valence electrons. The molecule has 1 atom stereocenters. The van der Waals surface area contributed by atoms with Gasteiger partial charge in [-0.25, -0.2) is 4.39 Å². The van der Waals surface area contributed by atoms with Crippen LogP contribution in [0.25, 0.3) is 0 Å². The van der Waals surface area contributed by atoms with E-state index in [-0.39, 0.29) is 24.3 Å². The van der Waals surface area contributed by atoms with Gasteiger partial charge in [-0.3, -0.25) is 4.79 Å². The molecule has 1 amide bonds. The molecule has 3 N–H and O–H groups in total. The Morgan fingerprint density at radius 2 is 1.86 bits per heavy atom. The summed E-state index contributed by atoms with van der Waals surface area (Å²) >= 11 is 0. The van der Waals surface area contributed by atoms with Crippen LogP contribution in [0.15, 0.2) is 48.5 Å². The van der Waals surface area contributed by atoms with E-state index in [4.69, 9.17) is 0 Å². The zero-order valence-corrected chi connectivity index (χ0v) is 11.4. The van der Waals surface area contributed by atoms with Crippen molar-refractivity contribution in [3.8, 4) is 0 Å². The zero-order valence-electron chi connectivity index (χ0n) is 11.4. The van der Waals surface area contributed by atoms with Gasteiger partial charge in [-0.1, -0.05) is 30.3 Å². The minimum absolute atomic E-state index is 0.153. The van der Waals surface area contributed by atoms with E-state index < -0.39 is 0 Å². The molecule has 0 saturated heterocycles. The Morgan fingerprint density at radius 3 is 2.67 bits per heavy atom. The number of carbonyl (C=O) groups excluding carboxylic acids is 1. The number of amides is 1. The Labute approximate surface area is 122 Å². The average Bonchev–Trinajstić information content (AvgIpc) is 2.53. The molecular weight excluding hydrogens is 269 g/mol. The summed E-state index contributed by atoms with van der Waals surface area (Å²) in [6.07, 6.45) is 0. The molecule has 0 fully saturated rings. The van der Waals surface area contributed by atoms with Gasteiger partial charge in [-0.2, -0.15) is 0 Å². The highest BCUT2D eigenvalue weighted by molar-refractivity contribution is 5.88. The number of benzene rings is 2. The van der Waals surface area contributed by atoms with Crippen LogP contribution in [0.5, 0.6) is 0 Å². The normalized spacial score (nSPS) is 16.3. The van der Waals surface area contributed by atoms with Gasteiger partial charge in [0.05, 0.1) is 11.4 Å². The van der Waals surface area contributed by atoms with Crippen LogP contribution in [0, 0.1) is 5.82 Å². The van der Waals surface area contributed by atoms with Gasteiger partial charge < -0.3 is 16.0 Å². The molecule has 0 aromatic heterocycles. The Balaban J connectivity index is 1.61. The molecule has 1 unspecified atom stereocenters.